The Balaban J connectivity index is 1.73. The molecule has 1 aliphatic heterocycles. The van der Waals surface area contributed by atoms with Crippen LogP contribution in [-0.2, 0) is 5.60 Å². The van der Waals surface area contributed by atoms with Gasteiger partial charge in [0.2, 0.25) is 0 Å². The number of furan rings is 1. The summed E-state index contributed by atoms with van der Waals surface area (Å²) >= 11 is 0. The fourth-order valence-corrected chi connectivity index (χ4v) is 3.57. The molecular weight excluding hydrogens is 306 g/mol. The van der Waals surface area contributed by atoms with E-state index >= 15 is 0 Å². The van der Waals surface area contributed by atoms with E-state index in [4.69, 9.17) is 4.42 Å². The summed E-state index contributed by atoms with van der Waals surface area (Å²) < 4.78 is 5.20. The number of carbonyl (C=O) groups is 1. The summed E-state index contributed by atoms with van der Waals surface area (Å²) in [7, 11) is 0. The zero-order chi connectivity index (χ0) is 17.7. The summed E-state index contributed by atoms with van der Waals surface area (Å²) in [4.78, 5) is 14.5. The van der Waals surface area contributed by atoms with Crippen LogP contribution in [-0.4, -0.2) is 48.3 Å². The van der Waals surface area contributed by atoms with Gasteiger partial charge in [-0.25, -0.2) is 4.79 Å². The smallest absolute Gasteiger partial charge is 0.315 e. The molecule has 0 aromatic carbocycles. The highest BCUT2D eigenvalue weighted by Gasteiger charge is 2.27. The maximum atomic E-state index is 12.1. The van der Waals surface area contributed by atoms with Crippen LogP contribution < -0.4 is 10.6 Å². The van der Waals surface area contributed by atoms with Crippen LogP contribution in [0, 0.1) is 11.8 Å². The Morgan fingerprint density at radius 3 is 2.71 bits per heavy atom. The van der Waals surface area contributed by atoms with Crippen LogP contribution in [0.25, 0.3) is 0 Å². The molecule has 2 heterocycles. The molecule has 2 amide bonds. The predicted octanol–water partition coefficient (Wildman–Crippen LogP) is 2.15. The SMILES string of the molecule is CC1CC(C)CN(CC(C)NC(=O)NCC(C)(O)c2ccco2)C1. The monoisotopic (exact) mass is 337 g/mol. The molecule has 1 fully saturated rings. The molecule has 24 heavy (non-hydrogen) atoms. The van der Waals surface area contributed by atoms with Crippen molar-refractivity contribution < 1.29 is 14.3 Å². The lowest BCUT2D eigenvalue weighted by atomic mass is 9.92. The van der Waals surface area contributed by atoms with Crippen molar-refractivity contribution in [1.29, 1.82) is 0 Å². The zero-order valence-electron chi connectivity index (χ0n) is 15.2. The summed E-state index contributed by atoms with van der Waals surface area (Å²) in [5.41, 5.74) is -1.22. The van der Waals surface area contributed by atoms with Crippen molar-refractivity contribution >= 4 is 6.03 Å². The number of likely N-dealkylation sites (tertiary alicyclic amines) is 1. The number of nitrogens with zero attached hydrogens (tertiary/aromatic N) is 1. The van der Waals surface area contributed by atoms with Crippen LogP contribution in [0.5, 0.6) is 0 Å². The molecule has 136 valence electrons. The first-order valence-corrected chi connectivity index (χ1v) is 8.79. The average Bonchev–Trinajstić information content (AvgIpc) is 2.99. The number of amides is 2. The van der Waals surface area contributed by atoms with Crippen molar-refractivity contribution in [2.75, 3.05) is 26.2 Å². The zero-order valence-corrected chi connectivity index (χ0v) is 15.2. The van der Waals surface area contributed by atoms with E-state index in [9.17, 15) is 9.90 Å². The predicted molar refractivity (Wildman–Crippen MR) is 93.7 cm³/mol. The first-order chi connectivity index (χ1) is 11.3. The van der Waals surface area contributed by atoms with E-state index < -0.39 is 5.60 Å². The van der Waals surface area contributed by atoms with Gasteiger partial charge in [0.25, 0.3) is 0 Å². The minimum atomic E-state index is -1.22. The largest absolute Gasteiger partial charge is 0.466 e. The molecule has 4 atom stereocenters. The Hall–Kier alpha value is -1.53. The van der Waals surface area contributed by atoms with Gasteiger partial charge in [0, 0.05) is 25.7 Å². The first kappa shape index (κ1) is 18.8. The molecule has 1 saturated heterocycles. The van der Waals surface area contributed by atoms with Crippen molar-refractivity contribution in [3.05, 3.63) is 24.2 Å². The van der Waals surface area contributed by atoms with E-state index in [-0.39, 0.29) is 18.6 Å². The lowest BCUT2D eigenvalue weighted by Crippen LogP contribution is -2.50. The Morgan fingerprint density at radius 2 is 2.12 bits per heavy atom. The van der Waals surface area contributed by atoms with Crippen molar-refractivity contribution in [1.82, 2.24) is 15.5 Å². The Kier molecular flexibility index (Phi) is 6.29. The van der Waals surface area contributed by atoms with Gasteiger partial charge in [-0.15, -0.1) is 0 Å². The number of hydrogen-bond donors (Lipinski definition) is 3. The maximum absolute atomic E-state index is 12.1. The van der Waals surface area contributed by atoms with Crippen molar-refractivity contribution in [3.8, 4) is 0 Å². The fraction of sp³-hybridized carbons (Fsp3) is 0.722. The second kappa shape index (κ2) is 8.03. The number of hydrogen-bond acceptors (Lipinski definition) is 4. The van der Waals surface area contributed by atoms with Crippen LogP contribution in [0.3, 0.4) is 0 Å². The molecule has 0 aliphatic carbocycles. The molecule has 0 spiro atoms. The number of rotatable bonds is 6. The second-order valence-electron chi connectivity index (χ2n) is 7.64. The summed E-state index contributed by atoms with van der Waals surface area (Å²) in [6, 6.07) is 3.19. The molecule has 6 heteroatoms. The molecule has 2 rings (SSSR count). The minimum Gasteiger partial charge on any atom is -0.466 e. The second-order valence-corrected chi connectivity index (χ2v) is 7.64. The minimum absolute atomic E-state index is 0.0519. The normalized spacial score (nSPS) is 25.7. The highest BCUT2D eigenvalue weighted by Crippen LogP contribution is 2.21. The van der Waals surface area contributed by atoms with Gasteiger partial charge in [-0.1, -0.05) is 13.8 Å². The maximum Gasteiger partial charge on any atom is 0.315 e. The average molecular weight is 337 g/mol. The summed E-state index contributed by atoms with van der Waals surface area (Å²) in [6.45, 7) is 11.3. The summed E-state index contributed by atoms with van der Waals surface area (Å²) in [6.07, 6.45) is 2.78. The fourth-order valence-electron chi connectivity index (χ4n) is 3.57. The van der Waals surface area contributed by atoms with E-state index in [2.05, 4.69) is 29.4 Å². The van der Waals surface area contributed by atoms with Gasteiger partial charge in [0.05, 0.1) is 12.8 Å². The Morgan fingerprint density at radius 1 is 1.46 bits per heavy atom. The number of urea groups is 1. The van der Waals surface area contributed by atoms with Crippen LogP contribution >= 0.6 is 0 Å². The third kappa shape index (κ3) is 5.53. The Labute approximate surface area is 144 Å². The van der Waals surface area contributed by atoms with Crippen molar-refractivity contribution in [2.24, 2.45) is 11.8 Å². The molecule has 1 aromatic rings. The van der Waals surface area contributed by atoms with E-state index in [1.165, 1.54) is 12.7 Å². The lowest BCUT2D eigenvalue weighted by Gasteiger charge is -2.36. The molecule has 0 bridgehead atoms. The van der Waals surface area contributed by atoms with Gasteiger partial charge in [-0.05, 0) is 44.2 Å². The van der Waals surface area contributed by atoms with Gasteiger partial charge in [0.1, 0.15) is 11.4 Å². The van der Waals surface area contributed by atoms with Crippen molar-refractivity contribution in [3.63, 3.8) is 0 Å². The van der Waals surface area contributed by atoms with Crippen LogP contribution in [0.15, 0.2) is 22.8 Å². The number of piperidine rings is 1. The third-order valence-electron chi connectivity index (χ3n) is 4.50. The third-order valence-corrected chi connectivity index (χ3v) is 4.50. The molecule has 1 aromatic heterocycles. The van der Waals surface area contributed by atoms with Gasteiger partial charge in [-0.2, -0.15) is 0 Å². The number of nitrogens with one attached hydrogen (secondary N) is 2. The summed E-state index contributed by atoms with van der Waals surface area (Å²) in [5.74, 6) is 1.85. The van der Waals surface area contributed by atoms with Crippen LogP contribution in [0.4, 0.5) is 4.79 Å². The molecule has 4 unspecified atom stereocenters. The Bertz CT molecular complexity index is 506. The molecule has 6 nitrogen and oxygen atoms in total. The molecule has 0 radical (unpaired) electrons. The van der Waals surface area contributed by atoms with E-state index in [1.807, 2.05) is 6.92 Å². The lowest BCUT2D eigenvalue weighted by molar-refractivity contribution is 0.0366. The number of aliphatic hydroxyl groups is 1. The topological polar surface area (TPSA) is 77.7 Å². The molecular formula is C18H31N3O3. The van der Waals surface area contributed by atoms with Crippen molar-refractivity contribution in [2.45, 2.75) is 45.8 Å². The van der Waals surface area contributed by atoms with Gasteiger partial charge in [-0.3, -0.25) is 0 Å². The van der Waals surface area contributed by atoms with Crippen LogP contribution in [0.1, 0.15) is 39.9 Å². The highest BCUT2D eigenvalue weighted by atomic mass is 16.4. The highest BCUT2D eigenvalue weighted by molar-refractivity contribution is 5.74. The van der Waals surface area contributed by atoms with E-state index in [0.717, 1.165) is 19.6 Å². The first-order valence-electron chi connectivity index (χ1n) is 8.79. The standard InChI is InChI=1S/C18H31N3O3/c1-13-8-14(2)10-21(9-13)11-15(3)20-17(22)19-12-18(4,23)16-6-5-7-24-16/h5-7,13-15,23H,8-12H2,1-4H3,(H2,19,20,22). The van der Waals surface area contributed by atoms with Crippen LogP contribution in [0.2, 0.25) is 0 Å². The molecule has 0 saturated carbocycles. The summed E-state index contributed by atoms with van der Waals surface area (Å²) in [5, 5.41) is 16.0. The van der Waals surface area contributed by atoms with Gasteiger partial charge in [0.15, 0.2) is 0 Å². The number of carbonyl (C=O) groups excluding carboxylic acids is 1. The van der Waals surface area contributed by atoms with E-state index in [0.29, 0.717) is 17.6 Å². The molecule has 1 aliphatic rings. The quantitative estimate of drug-likeness (QED) is 0.743. The van der Waals surface area contributed by atoms with Gasteiger partial charge < -0.3 is 25.1 Å². The van der Waals surface area contributed by atoms with Gasteiger partial charge >= 0.3 is 6.03 Å². The van der Waals surface area contributed by atoms with E-state index in [1.54, 1.807) is 19.1 Å². The molecule has 3 N–H and O–H groups in total.